The van der Waals surface area contributed by atoms with Crippen LogP contribution in [0.2, 0.25) is 0 Å². The molecule has 3 aromatic carbocycles. The Hall–Kier alpha value is -3.13. The molecule has 5 rings (SSSR count). The van der Waals surface area contributed by atoms with Crippen molar-refractivity contribution in [3.63, 3.8) is 0 Å². The Morgan fingerprint density at radius 1 is 0.694 bits per heavy atom. The van der Waals surface area contributed by atoms with Gasteiger partial charge in [-0.25, -0.2) is 4.98 Å². The Morgan fingerprint density at radius 3 is 1.89 bits per heavy atom. The van der Waals surface area contributed by atoms with Crippen LogP contribution in [0, 0.1) is 11.8 Å². The Labute approximate surface area is 217 Å². The maximum atomic E-state index is 5.12. The smallest absolute Gasteiger partial charge is 0.145 e. The molecule has 0 aliphatic carbocycles. The Morgan fingerprint density at radius 2 is 1.28 bits per heavy atom. The number of nitrogens with zero attached hydrogens (tertiary/aromatic N) is 2. The number of aromatic nitrogens is 2. The highest BCUT2D eigenvalue weighted by molar-refractivity contribution is 6.13. The second-order valence-electron chi connectivity index (χ2n) is 10.9. The number of fused-ring (bicyclic) bond motifs is 6. The van der Waals surface area contributed by atoms with Gasteiger partial charge in [-0.05, 0) is 58.7 Å². The SMILES string of the molecule is CC.CC(C)Cc1cccc(CC(C)C)c1-c1cnc2c3c(C(C)C)cccc3c3ccccc3n12. The molecule has 0 amide bonds. The minimum atomic E-state index is 0.429. The quantitative estimate of drug-likeness (QED) is 0.222. The molecule has 0 fully saturated rings. The molecule has 2 heteroatoms. The van der Waals surface area contributed by atoms with Crippen molar-refractivity contribution in [2.45, 2.75) is 74.1 Å². The third-order valence-electron chi connectivity index (χ3n) is 6.89. The standard InChI is InChI=1S/C32H36N2.C2H6/c1-20(2)17-23-11-9-12-24(18-21(3)4)30(23)29-19-33-32-31-25(22(5)6)14-10-15-27(31)26-13-7-8-16-28(26)34(29)32;1-2/h7-16,19-22H,17-18H2,1-6H3;1-2H3. The van der Waals surface area contributed by atoms with E-state index in [1.165, 1.54) is 49.6 Å². The van der Waals surface area contributed by atoms with Crippen LogP contribution in [0.3, 0.4) is 0 Å². The van der Waals surface area contributed by atoms with E-state index in [-0.39, 0.29) is 0 Å². The van der Waals surface area contributed by atoms with Crippen LogP contribution in [-0.2, 0) is 12.8 Å². The van der Waals surface area contributed by atoms with Crippen molar-refractivity contribution in [1.82, 2.24) is 9.38 Å². The molecular weight excluding hydrogens is 436 g/mol. The predicted molar refractivity (Wildman–Crippen MR) is 158 cm³/mol. The average molecular weight is 479 g/mol. The van der Waals surface area contributed by atoms with Crippen LogP contribution in [-0.4, -0.2) is 9.38 Å². The first kappa shape index (κ1) is 25.9. The van der Waals surface area contributed by atoms with Gasteiger partial charge in [-0.3, -0.25) is 4.40 Å². The number of imidazole rings is 1. The first-order valence-corrected chi connectivity index (χ1v) is 13.8. The summed E-state index contributed by atoms with van der Waals surface area (Å²) < 4.78 is 2.44. The molecule has 2 heterocycles. The number of hydrogen-bond acceptors (Lipinski definition) is 1. The van der Waals surface area contributed by atoms with Gasteiger partial charge in [-0.15, -0.1) is 0 Å². The summed E-state index contributed by atoms with van der Waals surface area (Å²) in [6.45, 7) is 17.8. The van der Waals surface area contributed by atoms with Crippen molar-refractivity contribution in [3.8, 4) is 11.3 Å². The van der Waals surface area contributed by atoms with Gasteiger partial charge in [-0.1, -0.05) is 110 Å². The summed E-state index contributed by atoms with van der Waals surface area (Å²) in [5.74, 6) is 1.62. The zero-order valence-corrected chi connectivity index (χ0v) is 23.4. The van der Waals surface area contributed by atoms with Crippen LogP contribution < -0.4 is 0 Å². The lowest BCUT2D eigenvalue weighted by molar-refractivity contribution is 0.637. The molecule has 0 atom stereocenters. The minimum absolute atomic E-state index is 0.429. The molecule has 0 unspecified atom stereocenters. The van der Waals surface area contributed by atoms with Gasteiger partial charge in [0.25, 0.3) is 0 Å². The third-order valence-corrected chi connectivity index (χ3v) is 6.89. The molecule has 0 spiro atoms. The molecule has 2 nitrogen and oxygen atoms in total. The predicted octanol–water partition coefficient (Wildman–Crippen LogP) is 9.85. The van der Waals surface area contributed by atoms with Gasteiger partial charge >= 0.3 is 0 Å². The highest BCUT2D eigenvalue weighted by Crippen LogP contribution is 2.39. The lowest BCUT2D eigenvalue weighted by atomic mass is 9.89. The van der Waals surface area contributed by atoms with Gasteiger partial charge in [0, 0.05) is 16.3 Å². The highest BCUT2D eigenvalue weighted by atomic mass is 15.0. The van der Waals surface area contributed by atoms with E-state index in [0.29, 0.717) is 17.8 Å². The van der Waals surface area contributed by atoms with E-state index in [4.69, 9.17) is 4.98 Å². The normalized spacial score (nSPS) is 11.8. The third kappa shape index (κ3) is 4.66. The summed E-state index contributed by atoms with van der Waals surface area (Å²) in [5.41, 5.74) is 9.12. The van der Waals surface area contributed by atoms with E-state index < -0.39 is 0 Å². The van der Waals surface area contributed by atoms with Crippen LogP contribution >= 0.6 is 0 Å². The molecule has 0 aliphatic rings. The van der Waals surface area contributed by atoms with Crippen molar-refractivity contribution in [2.75, 3.05) is 0 Å². The summed E-state index contributed by atoms with van der Waals surface area (Å²) >= 11 is 0. The molecule has 0 radical (unpaired) electrons. The maximum Gasteiger partial charge on any atom is 0.145 e. The van der Waals surface area contributed by atoms with Gasteiger partial charge in [0.05, 0.1) is 17.4 Å². The first-order valence-electron chi connectivity index (χ1n) is 13.8. The summed E-state index contributed by atoms with van der Waals surface area (Å²) in [7, 11) is 0. The van der Waals surface area contributed by atoms with E-state index in [9.17, 15) is 0 Å². The molecule has 0 saturated carbocycles. The summed E-state index contributed by atoms with van der Waals surface area (Å²) in [5, 5.41) is 3.87. The molecule has 0 aliphatic heterocycles. The fourth-order valence-electron chi connectivity index (χ4n) is 5.57. The zero-order chi connectivity index (χ0) is 26.0. The van der Waals surface area contributed by atoms with Crippen LogP contribution in [0.4, 0.5) is 0 Å². The van der Waals surface area contributed by atoms with Crippen LogP contribution in [0.5, 0.6) is 0 Å². The molecule has 2 aromatic heterocycles. The molecular formula is C34H42N2. The number of pyridine rings is 1. The van der Waals surface area contributed by atoms with Gasteiger partial charge in [0.15, 0.2) is 0 Å². The lowest BCUT2D eigenvalue weighted by Gasteiger charge is -2.19. The number of hydrogen-bond donors (Lipinski definition) is 0. The summed E-state index contributed by atoms with van der Waals surface area (Å²) in [6.07, 6.45) is 4.26. The topological polar surface area (TPSA) is 17.3 Å². The Bertz CT molecular complexity index is 1460. The molecule has 0 bridgehead atoms. The van der Waals surface area contributed by atoms with Crippen molar-refractivity contribution in [2.24, 2.45) is 11.8 Å². The zero-order valence-electron chi connectivity index (χ0n) is 23.4. The fraction of sp³-hybridized carbons (Fsp3) is 0.382. The van der Waals surface area contributed by atoms with Crippen LogP contribution in [0.1, 0.15) is 78.0 Å². The van der Waals surface area contributed by atoms with Crippen LogP contribution in [0.15, 0.2) is 66.9 Å². The van der Waals surface area contributed by atoms with Crippen LogP contribution in [0.25, 0.3) is 38.6 Å². The highest BCUT2D eigenvalue weighted by Gasteiger charge is 2.21. The minimum Gasteiger partial charge on any atom is -0.292 e. The number of para-hydroxylation sites is 1. The fourth-order valence-corrected chi connectivity index (χ4v) is 5.57. The van der Waals surface area contributed by atoms with Gasteiger partial charge in [0.2, 0.25) is 0 Å². The molecule has 5 aromatic rings. The number of benzene rings is 3. The van der Waals surface area contributed by atoms with Crippen molar-refractivity contribution in [1.29, 1.82) is 0 Å². The maximum absolute atomic E-state index is 5.12. The van der Waals surface area contributed by atoms with E-state index in [1.807, 2.05) is 13.8 Å². The first-order chi connectivity index (χ1) is 17.4. The van der Waals surface area contributed by atoms with E-state index in [0.717, 1.165) is 18.5 Å². The van der Waals surface area contributed by atoms with Gasteiger partial charge < -0.3 is 0 Å². The van der Waals surface area contributed by atoms with Crippen molar-refractivity contribution >= 4 is 27.3 Å². The van der Waals surface area contributed by atoms with E-state index in [2.05, 4.69) is 113 Å². The van der Waals surface area contributed by atoms with E-state index in [1.54, 1.807) is 0 Å². The molecule has 0 N–H and O–H groups in total. The molecule has 36 heavy (non-hydrogen) atoms. The molecule has 0 saturated heterocycles. The Kier molecular flexibility index (Phi) is 7.83. The number of rotatable bonds is 6. The average Bonchev–Trinajstić information content (AvgIpc) is 3.29. The summed E-state index contributed by atoms with van der Waals surface area (Å²) in [4.78, 5) is 5.12. The monoisotopic (exact) mass is 478 g/mol. The van der Waals surface area contributed by atoms with E-state index >= 15 is 0 Å². The second-order valence-corrected chi connectivity index (χ2v) is 10.9. The van der Waals surface area contributed by atoms with Gasteiger partial charge in [-0.2, -0.15) is 0 Å². The lowest BCUT2D eigenvalue weighted by Crippen LogP contribution is -2.05. The van der Waals surface area contributed by atoms with Crippen molar-refractivity contribution < 1.29 is 0 Å². The molecule has 188 valence electrons. The largest absolute Gasteiger partial charge is 0.292 e. The van der Waals surface area contributed by atoms with Gasteiger partial charge in [0.1, 0.15) is 5.65 Å². The Balaban J connectivity index is 0.00000148. The van der Waals surface area contributed by atoms with Crippen molar-refractivity contribution in [3.05, 3.63) is 83.6 Å². The second kappa shape index (κ2) is 10.9. The summed E-state index contributed by atoms with van der Waals surface area (Å²) in [6, 6.07) is 22.4.